The zero-order valence-corrected chi connectivity index (χ0v) is 13.4. The van der Waals surface area contributed by atoms with Crippen LogP contribution in [0.1, 0.15) is 34.6 Å². The number of ether oxygens (including phenoxy) is 1. The van der Waals surface area contributed by atoms with E-state index in [4.69, 9.17) is 0 Å². The first-order valence-electron chi connectivity index (χ1n) is 7.14. The van der Waals surface area contributed by atoms with Crippen LogP contribution in [-0.2, 0) is 13.2 Å². The lowest BCUT2D eigenvalue weighted by atomic mass is 10.1. The smallest absolute Gasteiger partial charge is 0.406 e. The van der Waals surface area contributed by atoms with Gasteiger partial charge in [-0.25, -0.2) is 0 Å². The fourth-order valence-electron chi connectivity index (χ4n) is 2.18. The van der Waals surface area contributed by atoms with Gasteiger partial charge in [-0.1, -0.05) is 12.1 Å². The van der Waals surface area contributed by atoms with Crippen LogP contribution in [0.3, 0.4) is 0 Å². The molecule has 1 amide bonds. The second-order valence-corrected chi connectivity index (χ2v) is 5.37. The predicted octanol–water partition coefficient (Wildman–Crippen LogP) is 3.83. The van der Waals surface area contributed by atoms with E-state index in [2.05, 4.69) is 15.2 Å². The first-order valence-corrected chi connectivity index (χ1v) is 7.14. The van der Waals surface area contributed by atoms with Crippen LogP contribution in [0.5, 0.6) is 5.75 Å². The van der Waals surface area contributed by atoms with Crippen LogP contribution in [-0.4, -0.2) is 22.1 Å². The van der Waals surface area contributed by atoms with Gasteiger partial charge in [-0.05, 0) is 24.6 Å². The summed E-state index contributed by atoms with van der Waals surface area (Å²) in [5, 5.41) is 5.59. The Balaban J connectivity index is 2.13. The molecule has 2 aromatic rings. The molecule has 142 valence electrons. The van der Waals surface area contributed by atoms with Crippen molar-refractivity contribution in [1.29, 1.82) is 0 Å². The van der Waals surface area contributed by atoms with Gasteiger partial charge in [0, 0.05) is 13.2 Å². The fourth-order valence-corrected chi connectivity index (χ4v) is 2.18. The third-order valence-electron chi connectivity index (χ3n) is 3.30. The van der Waals surface area contributed by atoms with E-state index in [1.165, 1.54) is 26.1 Å². The van der Waals surface area contributed by atoms with Crippen LogP contribution in [0, 0.1) is 0 Å². The third kappa shape index (κ3) is 4.90. The van der Waals surface area contributed by atoms with E-state index in [1.54, 1.807) is 0 Å². The Morgan fingerprint density at radius 3 is 2.23 bits per heavy atom. The quantitative estimate of drug-likeness (QED) is 0.819. The van der Waals surface area contributed by atoms with Gasteiger partial charge in [-0.15, -0.1) is 13.2 Å². The Labute approximate surface area is 143 Å². The zero-order valence-electron chi connectivity index (χ0n) is 13.4. The summed E-state index contributed by atoms with van der Waals surface area (Å²) in [6, 6.07) is 3.84. The van der Waals surface area contributed by atoms with Gasteiger partial charge in [-0.3, -0.25) is 9.48 Å². The van der Waals surface area contributed by atoms with Crippen LogP contribution >= 0.6 is 0 Å². The number of alkyl halides is 6. The topological polar surface area (TPSA) is 56.2 Å². The Morgan fingerprint density at radius 2 is 1.73 bits per heavy atom. The fraction of sp³-hybridized carbons (Fsp3) is 0.333. The molecule has 5 nitrogen and oxygen atoms in total. The van der Waals surface area contributed by atoms with E-state index >= 15 is 0 Å². The second kappa shape index (κ2) is 6.89. The molecular formula is C15H13F6N3O2. The predicted molar refractivity (Wildman–Crippen MR) is 77.2 cm³/mol. The van der Waals surface area contributed by atoms with Gasteiger partial charge in [-0.2, -0.15) is 18.3 Å². The average Bonchev–Trinajstić information content (AvgIpc) is 2.88. The number of nitrogens with one attached hydrogen (secondary N) is 1. The molecule has 11 heteroatoms. The number of hydrogen-bond acceptors (Lipinski definition) is 3. The van der Waals surface area contributed by atoms with Crippen molar-refractivity contribution in [2.24, 2.45) is 7.05 Å². The van der Waals surface area contributed by atoms with Crippen molar-refractivity contribution < 1.29 is 35.9 Å². The molecule has 0 saturated heterocycles. The molecule has 1 heterocycles. The highest BCUT2D eigenvalue weighted by Crippen LogP contribution is 2.31. The molecule has 0 radical (unpaired) electrons. The van der Waals surface area contributed by atoms with Gasteiger partial charge in [0.15, 0.2) is 5.69 Å². The lowest BCUT2D eigenvalue weighted by Crippen LogP contribution is -2.28. The minimum Gasteiger partial charge on any atom is -0.406 e. The largest absolute Gasteiger partial charge is 0.573 e. The molecule has 0 aliphatic carbocycles. The van der Waals surface area contributed by atoms with Crippen molar-refractivity contribution in [3.63, 3.8) is 0 Å². The molecule has 0 bridgehead atoms. The van der Waals surface area contributed by atoms with Crippen LogP contribution in [0.4, 0.5) is 26.3 Å². The molecule has 0 aliphatic rings. The van der Waals surface area contributed by atoms with Crippen molar-refractivity contribution >= 4 is 5.91 Å². The van der Waals surface area contributed by atoms with Crippen molar-refractivity contribution in [1.82, 2.24) is 15.1 Å². The van der Waals surface area contributed by atoms with E-state index < -0.39 is 41.5 Å². The van der Waals surface area contributed by atoms with E-state index in [0.717, 1.165) is 23.0 Å². The molecule has 1 aromatic heterocycles. The van der Waals surface area contributed by atoms with Crippen LogP contribution in [0.2, 0.25) is 0 Å². The summed E-state index contributed by atoms with van der Waals surface area (Å²) in [5.74, 6) is -1.46. The van der Waals surface area contributed by atoms with E-state index in [0.29, 0.717) is 5.56 Å². The van der Waals surface area contributed by atoms with Gasteiger partial charge in [0.2, 0.25) is 0 Å². The molecule has 0 aliphatic heterocycles. The van der Waals surface area contributed by atoms with Crippen molar-refractivity contribution in [3.8, 4) is 5.75 Å². The Bertz CT molecular complexity index is 780. The Hall–Kier alpha value is -2.72. The summed E-state index contributed by atoms with van der Waals surface area (Å²) >= 11 is 0. The van der Waals surface area contributed by atoms with Gasteiger partial charge >= 0.3 is 12.5 Å². The highest BCUT2D eigenvalue weighted by molar-refractivity contribution is 5.95. The minimum atomic E-state index is -4.84. The maximum Gasteiger partial charge on any atom is 0.573 e. The van der Waals surface area contributed by atoms with Crippen LogP contribution in [0.25, 0.3) is 0 Å². The lowest BCUT2D eigenvalue weighted by molar-refractivity contribution is -0.274. The summed E-state index contributed by atoms with van der Waals surface area (Å²) in [6.45, 7) is 1.47. The maximum atomic E-state index is 12.9. The van der Waals surface area contributed by atoms with Crippen LogP contribution in [0.15, 0.2) is 30.5 Å². The number of carbonyl (C=O) groups is 1. The van der Waals surface area contributed by atoms with Gasteiger partial charge < -0.3 is 10.1 Å². The van der Waals surface area contributed by atoms with Crippen LogP contribution < -0.4 is 10.1 Å². The molecule has 0 unspecified atom stereocenters. The summed E-state index contributed by atoms with van der Waals surface area (Å²) in [4.78, 5) is 12.1. The number of hydrogen-bond donors (Lipinski definition) is 1. The lowest BCUT2D eigenvalue weighted by Gasteiger charge is -2.15. The molecule has 0 fully saturated rings. The number of rotatable bonds is 4. The summed E-state index contributed by atoms with van der Waals surface area (Å²) < 4.78 is 79.6. The summed E-state index contributed by atoms with van der Waals surface area (Å²) in [7, 11) is 1.24. The first-order chi connectivity index (χ1) is 11.9. The molecule has 2 rings (SSSR count). The number of carbonyl (C=O) groups excluding carboxylic acids is 1. The van der Waals surface area contributed by atoms with Gasteiger partial charge in [0.05, 0.1) is 11.6 Å². The van der Waals surface area contributed by atoms with E-state index in [9.17, 15) is 31.1 Å². The molecule has 0 saturated carbocycles. The molecule has 0 spiro atoms. The van der Waals surface area contributed by atoms with Gasteiger partial charge in [0.25, 0.3) is 5.91 Å². The second-order valence-electron chi connectivity index (χ2n) is 5.37. The maximum absolute atomic E-state index is 12.9. The van der Waals surface area contributed by atoms with E-state index in [-0.39, 0.29) is 0 Å². The Morgan fingerprint density at radius 1 is 1.15 bits per heavy atom. The highest BCUT2D eigenvalue weighted by atomic mass is 19.4. The Kier molecular flexibility index (Phi) is 5.19. The number of aromatic nitrogens is 2. The first kappa shape index (κ1) is 19.6. The SMILES string of the molecule is C[C@@H](NC(=O)c1cn(C)nc1C(F)(F)F)c1ccc(OC(F)(F)F)cc1. The molecule has 1 N–H and O–H groups in total. The standard InChI is InChI=1S/C15H13F6N3O2/c1-8(9-3-5-10(6-4-9)26-15(19,20)21)22-13(25)11-7-24(2)23-12(11)14(16,17)18/h3-8H,1-2H3,(H,22,25)/t8-/m1/s1. The average molecular weight is 381 g/mol. The third-order valence-corrected chi connectivity index (χ3v) is 3.30. The monoisotopic (exact) mass is 381 g/mol. The number of amides is 1. The van der Waals surface area contributed by atoms with Gasteiger partial charge in [0.1, 0.15) is 5.75 Å². The highest BCUT2D eigenvalue weighted by Gasteiger charge is 2.39. The molecule has 1 aromatic carbocycles. The molecular weight excluding hydrogens is 368 g/mol. The summed E-state index contributed by atoms with van der Waals surface area (Å²) in [5.41, 5.74) is -1.59. The zero-order chi connectivity index (χ0) is 19.7. The summed E-state index contributed by atoms with van der Waals surface area (Å²) in [6.07, 6.45) is -8.70. The number of halogens is 6. The van der Waals surface area contributed by atoms with Crippen molar-refractivity contribution in [2.75, 3.05) is 0 Å². The molecule has 26 heavy (non-hydrogen) atoms. The van der Waals surface area contributed by atoms with Crippen molar-refractivity contribution in [3.05, 3.63) is 47.3 Å². The van der Waals surface area contributed by atoms with Crippen molar-refractivity contribution in [2.45, 2.75) is 25.5 Å². The number of benzene rings is 1. The normalized spacial score (nSPS) is 13.4. The molecule has 1 atom stereocenters. The number of nitrogens with zero attached hydrogens (tertiary/aromatic N) is 2. The minimum absolute atomic E-state index is 0.380. The number of aryl methyl sites for hydroxylation is 1. The van der Waals surface area contributed by atoms with E-state index in [1.807, 2.05) is 0 Å².